The third-order valence-electron chi connectivity index (χ3n) is 11.3. The highest BCUT2D eigenvalue weighted by molar-refractivity contribution is 6.00. The van der Waals surface area contributed by atoms with Crippen LogP contribution >= 0.6 is 0 Å². The standard InChI is InChI=1S/C37H43N9O3/c1-20(40-36(47)25-16-39-46(18-25)26-9-10-26)29-11-7-23-14-31(45(34(23)41-29)17-21-4-5-21)35-42-30-13-24(15-32(49-3)33(30)43(35)2)37(48)44-19-28(38)22-6-8-27(44)12-22/h7,11,13-16,18,20-22,26-28H,4-6,8-10,12,17,19,38H2,1-3H3,(H,40,47)/t20-,22+,27-,28+/m1/s1. The second-order valence-corrected chi connectivity index (χ2v) is 14.8. The lowest BCUT2D eigenvalue weighted by molar-refractivity contribution is 0.0603. The quantitative estimate of drug-likeness (QED) is 0.227. The van der Waals surface area contributed by atoms with Gasteiger partial charge >= 0.3 is 0 Å². The van der Waals surface area contributed by atoms with Crippen LogP contribution in [-0.4, -0.2) is 71.3 Å². The number of piperidine rings is 1. The summed E-state index contributed by atoms with van der Waals surface area (Å²) in [4.78, 5) is 39.2. The lowest BCUT2D eigenvalue weighted by Crippen LogP contribution is -2.51. The van der Waals surface area contributed by atoms with Crippen molar-refractivity contribution in [3.05, 3.63) is 59.5 Å². The number of aromatic nitrogens is 6. The van der Waals surface area contributed by atoms with Crippen LogP contribution in [0.25, 0.3) is 33.6 Å². The van der Waals surface area contributed by atoms with Gasteiger partial charge in [-0.2, -0.15) is 5.10 Å². The lowest BCUT2D eigenvalue weighted by Gasteiger charge is -2.37. The minimum Gasteiger partial charge on any atom is -0.494 e. The molecule has 1 aliphatic heterocycles. The number of hydrogen-bond acceptors (Lipinski definition) is 7. The molecule has 3 N–H and O–H groups in total. The van der Waals surface area contributed by atoms with Gasteiger partial charge in [-0.25, -0.2) is 9.97 Å². The molecule has 4 fully saturated rings. The van der Waals surface area contributed by atoms with Crippen LogP contribution in [0.3, 0.4) is 0 Å². The van der Waals surface area contributed by atoms with E-state index < -0.39 is 0 Å². The fourth-order valence-electron chi connectivity index (χ4n) is 8.08. The summed E-state index contributed by atoms with van der Waals surface area (Å²) in [5, 5.41) is 8.50. The Labute approximate surface area is 284 Å². The first-order valence-electron chi connectivity index (χ1n) is 17.7. The van der Waals surface area contributed by atoms with Crippen molar-refractivity contribution in [3.63, 3.8) is 0 Å². The van der Waals surface area contributed by atoms with Gasteiger partial charge in [0.25, 0.3) is 11.8 Å². The number of methoxy groups -OCH3 is 1. The molecular formula is C37H43N9O3. The number of rotatable bonds is 9. The van der Waals surface area contributed by atoms with Gasteiger partial charge in [-0.15, -0.1) is 0 Å². The minimum absolute atomic E-state index is 0.00858. The van der Waals surface area contributed by atoms with Gasteiger partial charge in [0, 0.05) is 49.4 Å². The summed E-state index contributed by atoms with van der Waals surface area (Å²) in [6.07, 6.45) is 11.2. The molecule has 1 saturated heterocycles. The molecule has 49 heavy (non-hydrogen) atoms. The summed E-state index contributed by atoms with van der Waals surface area (Å²) >= 11 is 0. The van der Waals surface area contributed by atoms with Gasteiger partial charge in [-0.3, -0.25) is 14.3 Å². The smallest absolute Gasteiger partial charge is 0.254 e. The van der Waals surface area contributed by atoms with Crippen molar-refractivity contribution in [2.24, 2.45) is 24.6 Å². The zero-order valence-corrected chi connectivity index (χ0v) is 28.3. The van der Waals surface area contributed by atoms with Crippen molar-refractivity contribution in [1.29, 1.82) is 0 Å². The topological polar surface area (TPSA) is 138 Å². The Kier molecular flexibility index (Phi) is 7.08. The average Bonchev–Trinajstić information content (AvgIpc) is 3.95. The molecular weight excluding hydrogens is 618 g/mol. The first-order valence-corrected chi connectivity index (χ1v) is 17.7. The summed E-state index contributed by atoms with van der Waals surface area (Å²) in [6, 6.07) is 10.4. The number of benzene rings is 1. The van der Waals surface area contributed by atoms with Crippen LogP contribution in [0.5, 0.6) is 5.75 Å². The van der Waals surface area contributed by atoms with Gasteiger partial charge in [0.05, 0.1) is 47.9 Å². The van der Waals surface area contributed by atoms with Gasteiger partial charge in [0.15, 0.2) is 5.82 Å². The number of amides is 2. The number of carbonyl (C=O) groups is 2. The van der Waals surface area contributed by atoms with Crippen molar-refractivity contribution < 1.29 is 14.3 Å². The number of ether oxygens (including phenoxy) is 1. The maximum Gasteiger partial charge on any atom is 0.254 e. The minimum atomic E-state index is -0.297. The second kappa shape index (κ2) is 11.4. The predicted molar refractivity (Wildman–Crippen MR) is 185 cm³/mol. The van der Waals surface area contributed by atoms with Crippen LogP contribution < -0.4 is 15.8 Å². The summed E-state index contributed by atoms with van der Waals surface area (Å²) in [6.45, 7) is 3.38. The number of carbonyl (C=O) groups excluding carboxylic acids is 2. The molecule has 5 aromatic rings. The van der Waals surface area contributed by atoms with Crippen molar-refractivity contribution in [2.45, 2.75) is 82.6 Å². The summed E-state index contributed by atoms with van der Waals surface area (Å²) < 4.78 is 12.1. The number of hydrogen-bond donors (Lipinski definition) is 2. The van der Waals surface area contributed by atoms with Crippen LogP contribution in [0.2, 0.25) is 0 Å². The van der Waals surface area contributed by atoms with E-state index in [4.69, 9.17) is 20.4 Å². The molecule has 5 heterocycles. The normalized spacial score (nSPS) is 22.6. The van der Waals surface area contributed by atoms with E-state index in [1.165, 1.54) is 12.8 Å². The molecule has 0 radical (unpaired) electrons. The van der Waals surface area contributed by atoms with Crippen LogP contribution in [0.4, 0.5) is 0 Å². The highest BCUT2D eigenvalue weighted by Gasteiger charge is 2.41. The van der Waals surface area contributed by atoms with Crippen LogP contribution in [-0.2, 0) is 13.6 Å². The number of pyridine rings is 1. The third-order valence-corrected chi connectivity index (χ3v) is 11.3. The van der Waals surface area contributed by atoms with Gasteiger partial charge in [0.1, 0.15) is 16.9 Å². The largest absolute Gasteiger partial charge is 0.494 e. The lowest BCUT2D eigenvalue weighted by atomic mass is 9.94. The highest BCUT2D eigenvalue weighted by Crippen LogP contribution is 2.40. The van der Waals surface area contributed by atoms with E-state index in [1.807, 2.05) is 47.9 Å². The molecule has 9 rings (SSSR count). The number of nitrogens with two attached hydrogens (primary N) is 1. The molecule has 12 nitrogen and oxygen atoms in total. The number of nitrogens with one attached hydrogen (secondary N) is 1. The Morgan fingerprint density at radius 3 is 2.63 bits per heavy atom. The van der Waals surface area contributed by atoms with E-state index in [0.717, 1.165) is 72.4 Å². The van der Waals surface area contributed by atoms with E-state index in [9.17, 15) is 9.59 Å². The zero-order valence-electron chi connectivity index (χ0n) is 28.3. The average molecular weight is 662 g/mol. The Morgan fingerprint density at radius 2 is 1.86 bits per heavy atom. The summed E-state index contributed by atoms with van der Waals surface area (Å²) in [5.41, 5.74) is 11.8. The van der Waals surface area contributed by atoms with Crippen molar-refractivity contribution in [3.8, 4) is 17.3 Å². The summed E-state index contributed by atoms with van der Waals surface area (Å²) in [7, 11) is 3.64. The monoisotopic (exact) mass is 661 g/mol. The van der Waals surface area contributed by atoms with E-state index in [1.54, 1.807) is 13.3 Å². The first kappa shape index (κ1) is 30.4. The van der Waals surface area contributed by atoms with Gasteiger partial charge in [-0.05, 0) is 94.0 Å². The Balaban J connectivity index is 1.06. The number of aryl methyl sites for hydroxylation is 1. The Morgan fingerprint density at radius 1 is 1.04 bits per heavy atom. The van der Waals surface area contributed by atoms with E-state index in [2.05, 4.69) is 31.7 Å². The molecule has 3 aliphatic carbocycles. The Bertz CT molecular complexity index is 2120. The number of imidazole rings is 1. The molecule has 3 saturated carbocycles. The number of fused-ring (bicyclic) bond motifs is 4. The van der Waals surface area contributed by atoms with Gasteiger partial charge < -0.3 is 29.8 Å². The molecule has 254 valence electrons. The molecule has 2 amide bonds. The maximum atomic E-state index is 13.9. The van der Waals surface area contributed by atoms with Crippen molar-refractivity contribution in [2.75, 3.05) is 13.7 Å². The molecule has 0 spiro atoms. The maximum absolute atomic E-state index is 13.9. The van der Waals surface area contributed by atoms with Gasteiger partial charge in [0.2, 0.25) is 0 Å². The molecule has 4 aromatic heterocycles. The van der Waals surface area contributed by atoms with Crippen molar-refractivity contribution in [1.82, 2.24) is 39.1 Å². The molecule has 12 heteroatoms. The number of likely N-dealkylation sites (tertiary alicyclic amines) is 1. The molecule has 1 aromatic carbocycles. The van der Waals surface area contributed by atoms with Crippen LogP contribution in [0.15, 0.2) is 42.7 Å². The zero-order chi connectivity index (χ0) is 33.6. The van der Waals surface area contributed by atoms with E-state index in [-0.39, 0.29) is 29.9 Å². The Hall–Kier alpha value is -4.71. The predicted octanol–water partition coefficient (Wildman–Crippen LogP) is 4.98. The van der Waals surface area contributed by atoms with Gasteiger partial charge in [-0.1, -0.05) is 0 Å². The summed E-state index contributed by atoms with van der Waals surface area (Å²) in [5.74, 6) is 2.33. The molecule has 4 aliphatic rings. The number of nitrogens with zero attached hydrogens (tertiary/aromatic N) is 7. The molecule has 4 atom stereocenters. The highest BCUT2D eigenvalue weighted by atomic mass is 16.5. The second-order valence-electron chi connectivity index (χ2n) is 14.8. The van der Waals surface area contributed by atoms with E-state index in [0.29, 0.717) is 46.8 Å². The first-order chi connectivity index (χ1) is 23.7. The van der Waals surface area contributed by atoms with Crippen LogP contribution in [0, 0.1) is 11.8 Å². The molecule has 0 unspecified atom stereocenters. The van der Waals surface area contributed by atoms with E-state index >= 15 is 0 Å². The fourth-order valence-corrected chi connectivity index (χ4v) is 8.08. The SMILES string of the molecule is COc1cc(C(=O)N2C[C@H](N)[C@H]3CC[C@@H]2C3)cc2nc(-c3cc4ccc([C@@H](C)NC(=O)c5cnn(C6CC6)c5)nc4n3CC3CC3)n(C)c12. The molecule has 2 bridgehead atoms. The van der Waals surface area contributed by atoms with Crippen LogP contribution in [0.1, 0.15) is 90.4 Å². The fraction of sp³-hybridized carbons (Fsp3) is 0.486. The van der Waals surface area contributed by atoms with Crippen molar-refractivity contribution >= 4 is 33.9 Å². The third kappa shape index (κ3) is 5.27.